The van der Waals surface area contributed by atoms with Crippen LogP contribution in [0.3, 0.4) is 0 Å². The molecule has 1 aromatic rings. The van der Waals surface area contributed by atoms with Crippen LogP contribution in [0.4, 0.5) is 10.5 Å². The Bertz CT molecular complexity index is 525. The lowest BCUT2D eigenvalue weighted by Crippen LogP contribution is -2.34. The van der Waals surface area contributed by atoms with Crippen molar-refractivity contribution in [1.29, 1.82) is 0 Å². The first-order valence-corrected chi connectivity index (χ1v) is 7.67. The van der Waals surface area contributed by atoms with E-state index in [0.717, 1.165) is 24.1 Å². The minimum absolute atomic E-state index is 0.0546. The van der Waals surface area contributed by atoms with Gasteiger partial charge in [-0.2, -0.15) is 0 Å². The molecule has 2 rings (SSSR count). The fraction of sp³-hybridized carbons (Fsp3) is 0.500. The van der Waals surface area contributed by atoms with Crippen molar-refractivity contribution in [2.24, 2.45) is 11.7 Å². The fourth-order valence-electron chi connectivity index (χ4n) is 1.98. The summed E-state index contributed by atoms with van der Waals surface area (Å²) in [5.41, 5.74) is 7.20. The molecule has 1 aliphatic carbocycles. The van der Waals surface area contributed by atoms with Crippen LogP contribution in [0.1, 0.15) is 38.3 Å². The Morgan fingerprint density at radius 3 is 2.41 bits per heavy atom. The largest absolute Gasteiger partial charge is 0.349 e. The molecule has 1 aromatic carbocycles. The molecule has 6 nitrogen and oxygen atoms in total. The predicted molar refractivity (Wildman–Crippen MR) is 86.4 cm³/mol. The number of nitrogens with one attached hydrogen (secondary N) is 3. The highest BCUT2D eigenvalue weighted by Gasteiger charge is 2.23. The van der Waals surface area contributed by atoms with E-state index in [1.165, 1.54) is 0 Å². The Balaban J connectivity index is 1.87. The minimum atomic E-state index is -0.200. The van der Waals surface area contributed by atoms with Gasteiger partial charge in [0.1, 0.15) is 0 Å². The molecule has 0 saturated heterocycles. The summed E-state index contributed by atoms with van der Waals surface area (Å²) in [6.07, 6.45) is 2.12. The molecule has 1 aliphatic rings. The molecular weight excluding hydrogens is 280 g/mol. The topological polar surface area (TPSA) is 96.2 Å². The van der Waals surface area contributed by atoms with Crippen molar-refractivity contribution in [1.82, 2.24) is 10.6 Å². The zero-order chi connectivity index (χ0) is 16.1. The van der Waals surface area contributed by atoms with Crippen molar-refractivity contribution >= 4 is 17.6 Å². The molecule has 3 amide bonds. The monoisotopic (exact) mass is 304 g/mol. The van der Waals surface area contributed by atoms with Crippen LogP contribution in [0, 0.1) is 5.92 Å². The Morgan fingerprint density at radius 1 is 1.23 bits per heavy atom. The highest BCUT2D eigenvalue weighted by atomic mass is 16.2. The van der Waals surface area contributed by atoms with Gasteiger partial charge in [0.05, 0.1) is 6.04 Å². The van der Waals surface area contributed by atoms with Crippen LogP contribution in [-0.2, 0) is 4.79 Å². The summed E-state index contributed by atoms with van der Waals surface area (Å²) in [4.78, 5) is 23.5. The van der Waals surface area contributed by atoms with E-state index in [1.54, 1.807) is 6.92 Å². The Hall–Kier alpha value is -2.08. The normalized spacial score (nSPS) is 16.5. The second-order valence-corrected chi connectivity index (χ2v) is 5.86. The van der Waals surface area contributed by atoms with E-state index in [9.17, 15) is 9.59 Å². The van der Waals surface area contributed by atoms with Crippen LogP contribution < -0.4 is 21.7 Å². The molecule has 0 spiro atoms. The molecule has 22 heavy (non-hydrogen) atoms. The van der Waals surface area contributed by atoms with Gasteiger partial charge in [0, 0.05) is 24.2 Å². The molecule has 0 heterocycles. The molecule has 0 radical (unpaired) electrons. The summed E-state index contributed by atoms with van der Waals surface area (Å²) in [5, 5.41) is 8.58. The maximum absolute atomic E-state index is 11.8. The van der Waals surface area contributed by atoms with Gasteiger partial charge < -0.3 is 21.7 Å². The molecule has 2 unspecified atom stereocenters. The second-order valence-electron chi connectivity index (χ2n) is 5.86. The quantitative estimate of drug-likeness (QED) is 0.644. The average Bonchev–Trinajstić information content (AvgIpc) is 3.30. The average molecular weight is 304 g/mol. The van der Waals surface area contributed by atoms with Crippen molar-refractivity contribution in [3.05, 3.63) is 29.8 Å². The van der Waals surface area contributed by atoms with Crippen LogP contribution >= 0.6 is 0 Å². The molecule has 0 aromatic heterocycles. The molecule has 1 saturated carbocycles. The van der Waals surface area contributed by atoms with E-state index >= 15 is 0 Å². The van der Waals surface area contributed by atoms with Crippen molar-refractivity contribution in [2.45, 2.75) is 38.8 Å². The summed E-state index contributed by atoms with van der Waals surface area (Å²) >= 11 is 0. The van der Waals surface area contributed by atoms with E-state index < -0.39 is 0 Å². The number of anilines is 1. The first-order valence-electron chi connectivity index (χ1n) is 7.67. The number of hydrogen-bond donors (Lipinski definition) is 4. The number of carbonyl (C=O) groups is 2. The lowest BCUT2D eigenvalue weighted by Gasteiger charge is -2.17. The summed E-state index contributed by atoms with van der Waals surface area (Å²) in [5.74, 6) is -0.254. The number of hydrogen-bond acceptors (Lipinski definition) is 3. The highest BCUT2D eigenvalue weighted by molar-refractivity contribution is 5.89. The van der Waals surface area contributed by atoms with Gasteiger partial charge in [-0.1, -0.05) is 19.1 Å². The Kier molecular flexibility index (Phi) is 5.38. The molecule has 120 valence electrons. The molecule has 5 N–H and O–H groups in total. The second kappa shape index (κ2) is 7.26. The number of carbonyl (C=O) groups excluding carboxylic acids is 2. The SMILES string of the molecule is CC(CN)C(=O)NC(C)c1ccc(NC(=O)NC2CC2)cc1. The predicted octanol–water partition coefficient (Wildman–Crippen LogP) is 1.74. The summed E-state index contributed by atoms with van der Waals surface area (Å²) in [7, 11) is 0. The van der Waals surface area contributed by atoms with Gasteiger partial charge in [-0.05, 0) is 37.5 Å². The third kappa shape index (κ3) is 4.73. The summed E-state index contributed by atoms with van der Waals surface area (Å²) in [6, 6.07) is 7.51. The maximum atomic E-state index is 11.8. The van der Waals surface area contributed by atoms with Crippen molar-refractivity contribution in [2.75, 3.05) is 11.9 Å². The summed E-state index contributed by atoms with van der Waals surface area (Å²) < 4.78 is 0. The van der Waals surface area contributed by atoms with Gasteiger partial charge >= 0.3 is 6.03 Å². The lowest BCUT2D eigenvalue weighted by atomic mass is 10.1. The van der Waals surface area contributed by atoms with E-state index in [2.05, 4.69) is 16.0 Å². The zero-order valence-corrected chi connectivity index (χ0v) is 13.1. The molecule has 0 aliphatic heterocycles. The first-order chi connectivity index (χ1) is 10.5. The third-order valence-electron chi connectivity index (χ3n) is 3.74. The van der Waals surface area contributed by atoms with E-state index in [-0.39, 0.29) is 23.9 Å². The van der Waals surface area contributed by atoms with E-state index in [1.807, 2.05) is 31.2 Å². The van der Waals surface area contributed by atoms with Gasteiger partial charge in [0.2, 0.25) is 5.91 Å². The highest BCUT2D eigenvalue weighted by Crippen LogP contribution is 2.19. The lowest BCUT2D eigenvalue weighted by molar-refractivity contribution is -0.124. The van der Waals surface area contributed by atoms with Gasteiger partial charge in [-0.3, -0.25) is 4.79 Å². The summed E-state index contributed by atoms with van der Waals surface area (Å²) in [6.45, 7) is 4.05. The van der Waals surface area contributed by atoms with Gasteiger partial charge in [0.15, 0.2) is 0 Å². The number of benzene rings is 1. The minimum Gasteiger partial charge on any atom is -0.349 e. The fourth-order valence-corrected chi connectivity index (χ4v) is 1.98. The number of amides is 3. The van der Waals surface area contributed by atoms with Gasteiger partial charge in [-0.15, -0.1) is 0 Å². The standard InChI is InChI=1S/C16H24N4O2/c1-10(9-17)15(21)18-11(2)12-3-5-13(6-4-12)19-16(22)20-14-7-8-14/h3-6,10-11,14H,7-9,17H2,1-2H3,(H,18,21)(H2,19,20,22). The van der Waals surface area contributed by atoms with Gasteiger partial charge in [0.25, 0.3) is 0 Å². The van der Waals surface area contributed by atoms with Crippen molar-refractivity contribution in [3.8, 4) is 0 Å². The molecule has 2 atom stereocenters. The first kappa shape index (κ1) is 16.3. The maximum Gasteiger partial charge on any atom is 0.319 e. The third-order valence-corrected chi connectivity index (χ3v) is 3.74. The van der Waals surface area contributed by atoms with Crippen LogP contribution in [0.25, 0.3) is 0 Å². The van der Waals surface area contributed by atoms with Crippen LogP contribution in [0.5, 0.6) is 0 Å². The van der Waals surface area contributed by atoms with Crippen molar-refractivity contribution in [3.63, 3.8) is 0 Å². The Morgan fingerprint density at radius 2 is 1.86 bits per heavy atom. The van der Waals surface area contributed by atoms with Gasteiger partial charge in [-0.25, -0.2) is 4.79 Å². The smallest absolute Gasteiger partial charge is 0.319 e. The van der Waals surface area contributed by atoms with E-state index in [4.69, 9.17) is 5.73 Å². The van der Waals surface area contributed by atoms with Crippen LogP contribution in [0.15, 0.2) is 24.3 Å². The molecular formula is C16H24N4O2. The number of urea groups is 1. The number of nitrogens with two attached hydrogens (primary N) is 1. The zero-order valence-electron chi connectivity index (χ0n) is 13.1. The van der Waals surface area contributed by atoms with Crippen LogP contribution in [0.2, 0.25) is 0 Å². The Labute approximate surface area is 130 Å². The molecule has 6 heteroatoms. The molecule has 1 fully saturated rings. The van der Waals surface area contributed by atoms with Crippen LogP contribution in [-0.4, -0.2) is 24.5 Å². The van der Waals surface area contributed by atoms with Crippen molar-refractivity contribution < 1.29 is 9.59 Å². The molecule has 0 bridgehead atoms. The van der Waals surface area contributed by atoms with E-state index in [0.29, 0.717) is 12.6 Å². The number of rotatable bonds is 6.